The van der Waals surface area contributed by atoms with Crippen LogP contribution in [0.3, 0.4) is 0 Å². The minimum absolute atomic E-state index is 0.0605. The largest absolute Gasteiger partial charge is 0.496 e. The van der Waals surface area contributed by atoms with Gasteiger partial charge in [0, 0.05) is 24.4 Å². The van der Waals surface area contributed by atoms with Gasteiger partial charge in [0.1, 0.15) is 11.4 Å². The van der Waals surface area contributed by atoms with E-state index in [4.69, 9.17) is 16.3 Å². The number of carbonyl (C=O) groups excluding carboxylic acids is 4. The third-order valence-corrected chi connectivity index (χ3v) is 6.26. The molecule has 33 heavy (non-hydrogen) atoms. The predicted molar refractivity (Wildman–Crippen MR) is 121 cm³/mol. The van der Waals surface area contributed by atoms with Crippen LogP contribution in [-0.2, 0) is 9.59 Å². The van der Waals surface area contributed by atoms with Crippen LogP contribution >= 0.6 is 11.6 Å². The summed E-state index contributed by atoms with van der Waals surface area (Å²) in [7, 11) is 1.42. The number of carbonyl (C=O) groups is 4. The fourth-order valence-electron chi connectivity index (χ4n) is 4.37. The second kappa shape index (κ2) is 8.74. The Morgan fingerprint density at radius 2 is 1.91 bits per heavy atom. The molecular formula is C23H23ClN4O5. The fraction of sp³-hybridized carbons (Fsp3) is 0.304. The summed E-state index contributed by atoms with van der Waals surface area (Å²) in [4.78, 5) is 53.9. The molecule has 9 nitrogen and oxygen atoms in total. The van der Waals surface area contributed by atoms with Gasteiger partial charge >= 0.3 is 0 Å². The van der Waals surface area contributed by atoms with Crippen LogP contribution in [0.1, 0.15) is 46.9 Å². The summed E-state index contributed by atoms with van der Waals surface area (Å²) in [6, 6.07) is 11.5. The molecule has 2 aliphatic heterocycles. The monoisotopic (exact) mass is 470 g/mol. The Bertz CT molecular complexity index is 1150. The van der Waals surface area contributed by atoms with Gasteiger partial charge in [-0.15, -0.1) is 0 Å². The molecule has 4 amide bonds. The zero-order valence-corrected chi connectivity index (χ0v) is 18.9. The van der Waals surface area contributed by atoms with Crippen molar-refractivity contribution in [1.29, 1.82) is 0 Å². The van der Waals surface area contributed by atoms with E-state index < -0.39 is 17.5 Å². The maximum Gasteiger partial charge on any atom is 0.273 e. The number of ether oxygens (including phenoxy) is 1. The number of para-hydroxylation sites is 1. The zero-order chi connectivity index (χ0) is 23.8. The molecule has 10 heteroatoms. The van der Waals surface area contributed by atoms with Crippen LogP contribution in [0.5, 0.6) is 5.75 Å². The van der Waals surface area contributed by atoms with Gasteiger partial charge in [-0.1, -0.05) is 23.7 Å². The van der Waals surface area contributed by atoms with Crippen LogP contribution in [0.15, 0.2) is 42.5 Å². The summed E-state index contributed by atoms with van der Waals surface area (Å²) in [6.07, 6.45) is 0.718. The van der Waals surface area contributed by atoms with Crippen molar-refractivity contribution in [3.8, 4) is 5.75 Å². The highest BCUT2D eigenvalue weighted by Gasteiger charge is 2.52. The molecule has 172 valence electrons. The van der Waals surface area contributed by atoms with E-state index in [2.05, 4.69) is 10.9 Å². The van der Waals surface area contributed by atoms with Crippen molar-refractivity contribution in [1.82, 2.24) is 15.8 Å². The number of nitrogens with zero attached hydrogens (tertiary/aromatic N) is 2. The normalized spacial score (nSPS) is 19.1. The lowest BCUT2D eigenvalue weighted by molar-refractivity contribution is -0.122. The Morgan fingerprint density at radius 3 is 2.67 bits per heavy atom. The highest BCUT2D eigenvalue weighted by molar-refractivity contribution is 6.31. The van der Waals surface area contributed by atoms with Crippen molar-refractivity contribution >= 4 is 40.9 Å². The lowest BCUT2D eigenvalue weighted by Gasteiger charge is -2.48. The molecule has 0 aliphatic carbocycles. The van der Waals surface area contributed by atoms with E-state index in [1.165, 1.54) is 13.2 Å². The summed E-state index contributed by atoms with van der Waals surface area (Å²) in [6.45, 7) is 1.91. The first-order valence-corrected chi connectivity index (χ1v) is 10.8. The van der Waals surface area contributed by atoms with E-state index >= 15 is 0 Å². The third-order valence-electron chi connectivity index (χ3n) is 6.03. The quantitative estimate of drug-likeness (QED) is 0.653. The number of fused-ring (bicyclic) bond motifs is 3. The zero-order valence-electron chi connectivity index (χ0n) is 18.2. The van der Waals surface area contributed by atoms with Crippen molar-refractivity contribution < 1.29 is 23.9 Å². The number of anilines is 1. The number of hydrogen-bond donors (Lipinski definition) is 2. The SMILES string of the molecule is COc1ccc(Cl)cc1C(=O)NNC(=O)CCN1C(=O)c2ccccc2N2C(=O)CCC12C. The lowest BCUT2D eigenvalue weighted by atomic mass is 9.98. The minimum atomic E-state index is -0.847. The third kappa shape index (κ3) is 4.00. The number of amides is 4. The summed E-state index contributed by atoms with van der Waals surface area (Å²) in [5.74, 6) is -1.07. The number of halogens is 1. The van der Waals surface area contributed by atoms with Crippen LogP contribution in [0.25, 0.3) is 0 Å². The molecule has 1 saturated heterocycles. The van der Waals surface area contributed by atoms with E-state index in [9.17, 15) is 19.2 Å². The fourth-order valence-corrected chi connectivity index (χ4v) is 4.54. The molecule has 2 aromatic carbocycles. The van der Waals surface area contributed by atoms with Gasteiger partial charge in [0.15, 0.2) is 0 Å². The summed E-state index contributed by atoms with van der Waals surface area (Å²) in [5, 5.41) is 0.347. The van der Waals surface area contributed by atoms with E-state index in [-0.39, 0.29) is 30.3 Å². The van der Waals surface area contributed by atoms with Gasteiger partial charge in [0.25, 0.3) is 11.8 Å². The first kappa shape index (κ1) is 22.6. The maximum atomic E-state index is 13.2. The standard InChI is InChI=1S/C23H23ClN4O5/c1-23-11-9-20(30)28(23)17-6-4-3-5-15(17)22(32)27(23)12-10-19(29)25-26-21(31)16-13-14(24)7-8-18(16)33-2/h3-8,13H,9-12H2,1-2H3,(H,25,29)(H,26,31). The van der Waals surface area contributed by atoms with E-state index in [0.29, 0.717) is 34.9 Å². The molecule has 0 saturated carbocycles. The first-order valence-electron chi connectivity index (χ1n) is 10.4. The van der Waals surface area contributed by atoms with Gasteiger partial charge in [-0.3, -0.25) is 34.9 Å². The van der Waals surface area contributed by atoms with E-state index in [1.54, 1.807) is 46.2 Å². The number of hydrogen-bond acceptors (Lipinski definition) is 5. The molecule has 1 atom stereocenters. The molecule has 0 aromatic heterocycles. The smallest absolute Gasteiger partial charge is 0.273 e. The molecule has 2 aromatic rings. The summed E-state index contributed by atoms with van der Waals surface area (Å²) >= 11 is 5.95. The number of methoxy groups -OCH3 is 1. The number of hydrazine groups is 1. The van der Waals surface area contributed by atoms with E-state index in [1.807, 2.05) is 6.92 Å². The molecule has 0 radical (unpaired) electrons. The topological polar surface area (TPSA) is 108 Å². The average Bonchev–Trinajstić information content (AvgIpc) is 3.12. The van der Waals surface area contributed by atoms with Crippen LogP contribution in [0.2, 0.25) is 5.02 Å². The second-order valence-corrected chi connectivity index (χ2v) is 8.45. The van der Waals surface area contributed by atoms with Crippen molar-refractivity contribution in [3.05, 3.63) is 58.6 Å². The predicted octanol–water partition coefficient (Wildman–Crippen LogP) is 2.50. The Labute approximate surface area is 195 Å². The molecule has 0 bridgehead atoms. The molecule has 1 unspecified atom stereocenters. The molecule has 2 N–H and O–H groups in total. The van der Waals surface area contributed by atoms with E-state index in [0.717, 1.165) is 0 Å². The van der Waals surface area contributed by atoms with Gasteiger partial charge in [-0.2, -0.15) is 0 Å². The van der Waals surface area contributed by atoms with Crippen LogP contribution in [0, 0.1) is 0 Å². The van der Waals surface area contributed by atoms with Gasteiger partial charge in [-0.05, 0) is 43.7 Å². The highest BCUT2D eigenvalue weighted by atomic mass is 35.5. The number of rotatable bonds is 5. The maximum absolute atomic E-state index is 13.2. The lowest BCUT2D eigenvalue weighted by Crippen LogP contribution is -2.62. The van der Waals surface area contributed by atoms with Crippen molar-refractivity contribution in [3.63, 3.8) is 0 Å². The van der Waals surface area contributed by atoms with Crippen LogP contribution < -0.4 is 20.5 Å². The van der Waals surface area contributed by atoms with Gasteiger partial charge in [0.2, 0.25) is 11.8 Å². The first-order chi connectivity index (χ1) is 15.8. The highest BCUT2D eigenvalue weighted by Crippen LogP contribution is 2.43. The Kier molecular flexibility index (Phi) is 5.99. The number of nitrogens with one attached hydrogen (secondary N) is 2. The Hall–Kier alpha value is -3.59. The molecular weight excluding hydrogens is 448 g/mol. The Morgan fingerprint density at radius 1 is 1.15 bits per heavy atom. The van der Waals surface area contributed by atoms with Crippen LogP contribution in [-0.4, -0.2) is 47.8 Å². The summed E-state index contributed by atoms with van der Waals surface area (Å²) < 4.78 is 5.15. The van der Waals surface area contributed by atoms with Crippen LogP contribution in [0.4, 0.5) is 5.69 Å². The summed E-state index contributed by atoms with van der Waals surface area (Å²) in [5.41, 5.74) is 5.02. The molecule has 4 rings (SSSR count). The number of benzene rings is 2. The molecule has 1 fully saturated rings. The average molecular weight is 471 g/mol. The second-order valence-electron chi connectivity index (χ2n) is 8.02. The minimum Gasteiger partial charge on any atom is -0.496 e. The van der Waals surface area contributed by atoms with Crippen molar-refractivity contribution in [2.24, 2.45) is 0 Å². The van der Waals surface area contributed by atoms with Gasteiger partial charge in [-0.25, -0.2) is 0 Å². The molecule has 0 spiro atoms. The molecule has 2 aliphatic rings. The van der Waals surface area contributed by atoms with Crippen molar-refractivity contribution in [2.75, 3.05) is 18.6 Å². The van der Waals surface area contributed by atoms with Gasteiger partial charge in [0.05, 0.1) is 23.9 Å². The van der Waals surface area contributed by atoms with Gasteiger partial charge < -0.3 is 9.64 Å². The molecule has 2 heterocycles. The Balaban J connectivity index is 1.43. The van der Waals surface area contributed by atoms with Crippen molar-refractivity contribution in [2.45, 2.75) is 31.8 Å².